The van der Waals surface area contributed by atoms with Gasteiger partial charge in [0.05, 0.1) is 21.6 Å². The van der Waals surface area contributed by atoms with Gasteiger partial charge in [-0.25, -0.2) is 0 Å². The fraction of sp³-hybridized carbons (Fsp3) is 0.300. The lowest BCUT2D eigenvalue weighted by Crippen LogP contribution is -2.45. The number of nitrogens with one attached hydrogen (secondary N) is 3. The van der Waals surface area contributed by atoms with Crippen molar-refractivity contribution in [3.63, 3.8) is 0 Å². The van der Waals surface area contributed by atoms with Crippen molar-refractivity contribution in [3.8, 4) is 0 Å². The van der Waals surface area contributed by atoms with Crippen LogP contribution in [0, 0.1) is 16.0 Å². The van der Waals surface area contributed by atoms with Gasteiger partial charge in [0, 0.05) is 12.1 Å². The van der Waals surface area contributed by atoms with Crippen molar-refractivity contribution in [2.24, 2.45) is 5.92 Å². The summed E-state index contributed by atoms with van der Waals surface area (Å²) in [6.07, 6.45) is 0.994. The van der Waals surface area contributed by atoms with E-state index in [0.717, 1.165) is 12.0 Å². The van der Waals surface area contributed by atoms with Gasteiger partial charge < -0.3 is 5.32 Å². The number of carbonyl (C=O) groups is 1. The van der Waals surface area contributed by atoms with Crippen LogP contribution in [0.25, 0.3) is 0 Å². The van der Waals surface area contributed by atoms with Crippen LogP contribution in [0.5, 0.6) is 0 Å². The van der Waals surface area contributed by atoms with Crippen LogP contribution in [0.2, 0.25) is 5.02 Å². The Morgan fingerprint density at radius 3 is 2.34 bits per heavy atom. The molecular weight excluding hydrogens is 412 g/mol. The summed E-state index contributed by atoms with van der Waals surface area (Å²) in [4.78, 5) is 22.6. The summed E-state index contributed by atoms with van der Waals surface area (Å²) in [7, 11) is 0. The van der Waals surface area contributed by atoms with Crippen molar-refractivity contribution in [2.75, 3.05) is 5.32 Å². The lowest BCUT2D eigenvalue weighted by molar-refractivity contribution is -0.384. The fourth-order valence-corrected chi connectivity index (χ4v) is 3.05. The Morgan fingerprint density at radius 2 is 1.79 bits per heavy atom. The van der Waals surface area contributed by atoms with E-state index in [-0.39, 0.29) is 27.6 Å². The molecule has 0 fully saturated rings. The predicted octanol–water partition coefficient (Wildman–Crippen LogP) is 4.57. The zero-order valence-electron chi connectivity index (χ0n) is 16.4. The highest BCUT2D eigenvalue weighted by Gasteiger charge is 2.16. The summed E-state index contributed by atoms with van der Waals surface area (Å²) < 4.78 is 0. The highest BCUT2D eigenvalue weighted by atomic mass is 35.5. The second-order valence-corrected chi connectivity index (χ2v) is 7.87. The molecule has 0 spiro atoms. The molecule has 1 unspecified atom stereocenters. The van der Waals surface area contributed by atoms with Gasteiger partial charge in [-0.3, -0.25) is 25.8 Å². The van der Waals surface area contributed by atoms with Gasteiger partial charge in [0.25, 0.3) is 5.69 Å². The van der Waals surface area contributed by atoms with Crippen molar-refractivity contribution >= 4 is 46.2 Å². The highest BCUT2D eigenvalue weighted by Crippen LogP contribution is 2.26. The van der Waals surface area contributed by atoms with E-state index in [1.165, 1.54) is 23.8 Å². The van der Waals surface area contributed by atoms with Crippen molar-refractivity contribution in [1.82, 2.24) is 10.9 Å². The molecule has 0 aliphatic rings. The SMILES string of the molecule is CC(C)Cc1ccc(C(C)C(=O)NNC(=S)Nc2ccc([N+](=O)[O-])cc2Cl)cc1. The number of hydrazine groups is 1. The van der Waals surface area contributed by atoms with E-state index in [1.54, 1.807) is 6.92 Å². The van der Waals surface area contributed by atoms with E-state index < -0.39 is 4.92 Å². The molecule has 0 heterocycles. The van der Waals surface area contributed by atoms with Crippen molar-refractivity contribution in [3.05, 3.63) is 68.7 Å². The number of thiocarbonyl (C=S) groups is 1. The van der Waals surface area contributed by atoms with E-state index in [9.17, 15) is 14.9 Å². The molecule has 7 nitrogen and oxygen atoms in total. The highest BCUT2D eigenvalue weighted by molar-refractivity contribution is 7.80. The van der Waals surface area contributed by atoms with Crippen LogP contribution >= 0.6 is 23.8 Å². The molecule has 0 aliphatic carbocycles. The average molecular weight is 435 g/mol. The fourth-order valence-electron chi connectivity index (χ4n) is 2.66. The van der Waals surface area contributed by atoms with Crippen molar-refractivity contribution < 1.29 is 9.72 Å². The summed E-state index contributed by atoms with van der Waals surface area (Å²) >= 11 is 11.1. The van der Waals surface area contributed by atoms with Gasteiger partial charge in [-0.05, 0) is 48.7 Å². The zero-order chi connectivity index (χ0) is 21.6. The molecule has 0 radical (unpaired) electrons. The largest absolute Gasteiger partial charge is 0.330 e. The first-order valence-electron chi connectivity index (χ1n) is 9.07. The predicted molar refractivity (Wildman–Crippen MR) is 119 cm³/mol. The molecule has 1 atom stereocenters. The van der Waals surface area contributed by atoms with Gasteiger partial charge in [0.2, 0.25) is 5.91 Å². The smallest absolute Gasteiger partial charge is 0.271 e. The van der Waals surface area contributed by atoms with Crippen LogP contribution in [-0.2, 0) is 11.2 Å². The Bertz CT molecular complexity index is 903. The average Bonchev–Trinajstić information content (AvgIpc) is 2.67. The second kappa shape index (κ2) is 10.2. The van der Waals surface area contributed by atoms with Crippen molar-refractivity contribution in [1.29, 1.82) is 0 Å². The molecule has 0 bridgehead atoms. The quantitative estimate of drug-likeness (QED) is 0.350. The van der Waals surface area contributed by atoms with Gasteiger partial charge in [-0.2, -0.15) is 0 Å². The number of hydrogen-bond donors (Lipinski definition) is 3. The number of nitrogens with zero attached hydrogens (tertiary/aromatic N) is 1. The summed E-state index contributed by atoms with van der Waals surface area (Å²) in [5.41, 5.74) is 7.56. The number of benzene rings is 2. The third kappa shape index (κ3) is 6.69. The topological polar surface area (TPSA) is 96.3 Å². The van der Waals surface area contributed by atoms with E-state index in [4.69, 9.17) is 23.8 Å². The molecule has 9 heteroatoms. The maximum absolute atomic E-state index is 12.4. The van der Waals surface area contributed by atoms with Crippen LogP contribution in [0.4, 0.5) is 11.4 Å². The van der Waals surface area contributed by atoms with Gasteiger partial charge in [0.1, 0.15) is 0 Å². The molecule has 1 amide bonds. The molecule has 2 aromatic rings. The number of anilines is 1. The summed E-state index contributed by atoms with van der Waals surface area (Å²) in [6, 6.07) is 11.9. The minimum absolute atomic E-state index is 0.105. The standard InChI is InChI=1S/C20H23ClN4O3S/c1-12(2)10-14-4-6-15(7-5-14)13(3)19(26)23-24-20(29)22-18-9-8-16(25(27)28)11-17(18)21/h4-9,11-13H,10H2,1-3H3,(H,23,26)(H2,22,24,29). The van der Waals surface area contributed by atoms with E-state index >= 15 is 0 Å². The first kappa shape index (κ1) is 22.6. The van der Waals surface area contributed by atoms with E-state index in [0.29, 0.717) is 11.6 Å². The lowest BCUT2D eigenvalue weighted by Gasteiger charge is -2.16. The molecule has 2 aromatic carbocycles. The Hall–Kier alpha value is -2.71. The van der Waals surface area contributed by atoms with Gasteiger partial charge in [0.15, 0.2) is 5.11 Å². The summed E-state index contributed by atoms with van der Waals surface area (Å²) in [6.45, 7) is 6.13. The third-order valence-corrected chi connectivity index (χ3v) is 4.74. The molecule has 29 heavy (non-hydrogen) atoms. The molecule has 0 aliphatic heterocycles. The van der Waals surface area contributed by atoms with Crippen LogP contribution in [0.1, 0.15) is 37.8 Å². The molecule has 154 valence electrons. The zero-order valence-corrected chi connectivity index (χ0v) is 17.9. The Kier molecular flexibility index (Phi) is 7.92. The molecule has 0 aromatic heterocycles. The number of amides is 1. The summed E-state index contributed by atoms with van der Waals surface area (Å²) in [5.74, 6) is -0.0505. The van der Waals surface area contributed by atoms with Crippen molar-refractivity contribution in [2.45, 2.75) is 33.1 Å². The lowest BCUT2D eigenvalue weighted by atomic mass is 9.96. The molecule has 2 rings (SSSR count). The van der Waals surface area contributed by atoms with E-state index in [2.05, 4.69) is 30.0 Å². The maximum Gasteiger partial charge on any atom is 0.271 e. The van der Waals surface area contributed by atoms with E-state index in [1.807, 2.05) is 24.3 Å². The first-order valence-corrected chi connectivity index (χ1v) is 9.85. The summed E-state index contributed by atoms with van der Waals surface area (Å²) in [5, 5.41) is 13.8. The molecule has 3 N–H and O–H groups in total. The third-order valence-electron chi connectivity index (χ3n) is 4.23. The number of rotatable bonds is 6. The van der Waals surface area contributed by atoms with Crippen LogP contribution in [-0.4, -0.2) is 15.9 Å². The minimum atomic E-state index is -0.538. The minimum Gasteiger partial charge on any atom is -0.330 e. The molecule has 0 saturated heterocycles. The Labute approximate surface area is 180 Å². The number of nitro groups is 1. The van der Waals surface area contributed by atoms with Gasteiger partial charge >= 0.3 is 0 Å². The number of hydrogen-bond acceptors (Lipinski definition) is 4. The number of halogens is 1. The van der Waals surface area contributed by atoms with Crippen LogP contribution < -0.4 is 16.2 Å². The second-order valence-electron chi connectivity index (χ2n) is 7.05. The normalized spacial score (nSPS) is 11.6. The van der Waals surface area contributed by atoms with Gasteiger partial charge in [-0.1, -0.05) is 49.7 Å². The first-order chi connectivity index (χ1) is 13.7. The number of nitro benzene ring substituents is 1. The number of carbonyl (C=O) groups excluding carboxylic acids is 1. The molecule has 0 saturated carbocycles. The van der Waals surface area contributed by atoms with Crippen LogP contribution in [0.15, 0.2) is 42.5 Å². The monoisotopic (exact) mass is 434 g/mol. The Balaban J connectivity index is 1.89. The maximum atomic E-state index is 12.4. The van der Waals surface area contributed by atoms with Gasteiger partial charge in [-0.15, -0.1) is 0 Å². The number of non-ortho nitro benzene ring substituents is 1. The molecular formula is C20H23ClN4O3S. The van der Waals surface area contributed by atoms with Crippen LogP contribution in [0.3, 0.4) is 0 Å². The Morgan fingerprint density at radius 1 is 1.14 bits per heavy atom.